The molecule has 0 bridgehead atoms. The average Bonchev–Trinajstić information content (AvgIpc) is 2.60. The van der Waals surface area contributed by atoms with E-state index in [1.165, 1.54) is 15.3 Å². The Morgan fingerprint density at radius 3 is 3.00 bits per heavy atom. The molecule has 0 aromatic carbocycles. The van der Waals surface area contributed by atoms with Gasteiger partial charge in [-0.2, -0.15) is 0 Å². The van der Waals surface area contributed by atoms with Gasteiger partial charge in [0.25, 0.3) is 0 Å². The van der Waals surface area contributed by atoms with Gasteiger partial charge in [0, 0.05) is 22.8 Å². The minimum absolute atomic E-state index is 0.354. The first kappa shape index (κ1) is 11.7. The van der Waals surface area contributed by atoms with Crippen molar-refractivity contribution in [3.05, 3.63) is 33.7 Å². The fourth-order valence-corrected chi connectivity index (χ4v) is 2.85. The molecule has 0 amide bonds. The molecule has 1 aliphatic heterocycles. The minimum Gasteiger partial charge on any atom is -0.497 e. The minimum atomic E-state index is 0.354. The molecule has 2 heterocycles. The molecule has 1 aliphatic rings. The second-order valence-electron chi connectivity index (χ2n) is 4.29. The molecule has 0 saturated heterocycles. The van der Waals surface area contributed by atoms with Crippen LogP contribution < -0.4 is 5.32 Å². The second-order valence-corrected chi connectivity index (χ2v) is 5.63. The lowest BCUT2D eigenvalue weighted by Crippen LogP contribution is -2.28. The maximum atomic E-state index is 5.51. The van der Waals surface area contributed by atoms with Crippen molar-refractivity contribution in [1.82, 2.24) is 5.32 Å². The highest BCUT2D eigenvalue weighted by Crippen LogP contribution is 2.20. The van der Waals surface area contributed by atoms with Crippen LogP contribution in [-0.2, 0) is 11.3 Å². The van der Waals surface area contributed by atoms with E-state index < -0.39 is 0 Å². The smallest absolute Gasteiger partial charge is 0.110 e. The molecule has 1 unspecified atom stereocenters. The number of allylic oxidation sites excluding steroid dienone is 1. The molecular weight excluding hydrogens is 218 g/mol. The van der Waals surface area contributed by atoms with Gasteiger partial charge in [-0.1, -0.05) is 0 Å². The third-order valence-corrected chi connectivity index (χ3v) is 4.06. The van der Waals surface area contributed by atoms with E-state index in [2.05, 4.69) is 31.3 Å². The van der Waals surface area contributed by atoms with Gasteiger partial charge in [0.05, 0.1) is 6.26 Å². The van der Waals surface area contributed by atoms with Crippen molar-refractivity contribution in [2.24, 2.45) is 0 Å². The zero-order valence-electron chi connectivity index (χ0n) is 9.95. The van der Waals surface area contributed by atoms with Crippen LogP contribution in [0.1, 0.15) is 28.2 Å². The molecule has 1 aromatic heterocycles. The summed E-state index contributed by atoms with van der Waals surface area (Å²) in [7, 11) is 0. The van der Waals surface area contributed by atoms with E-state index in [0.29, 0.717) is 6.10 Å². The van der Waals surface area contributed by atoms with Gasteiger partial charge < -0.3 is 10.1 Å². The van der Waals surface area contributed by atoms with Gasteiger partial charge in [-0.25, -0.2) is 0 Å². The van der Waals surface area contributed by atoms with Crippen LogP contribution >= 0.6 is 11.3 Å². The fraction of sp³-hybridized carbons (Fsp3) is 0.538. The van der Waals surface area contributed by atoms with E-state index in [1.807, 2.05) is 17.6 Å². The predicted octanol–water partition coefficient (Wildman–Crippen LogP) is 3.15. The average molecular weight is 237 g/mol. The van der Waals surface area contributed by atoms with E-state index >= 15 is 0 Å². The molecule has 0 spiro atoms. The first-order chi connectivity index (χ1) is 7.75. The summed E-state index contributed by atoms with van der Waals surface area (Å²) in [6, 6.07) is 2.27. The molecule has 2 rings (SSSR count). The van der Waals surface area contributed by atoms with Crippen LogP contribution in [0.5, 0.6) is 0 Å². The number of ether oxygens (including phenoxy) is 1. The van der Waals surface area contributed by atoms with E-state index in [9.17, 15) is 0 Å². The summed E-state index contributed by atoms with van der Waals surface area (Å²) >= 11 is 1.88. The summed E-state index contributed by atoms with van der Waals surface area (Å²) in [5.74, 6) is 0. The van der Waals surface area contributed by atoms with Crippen LogP contribution in [0.2, 0.25) is 0 Å². The van der Waals surface area contributed by atoms with Crippen LogP contribution in [0.25, 0.3) is 0 Å². The fourth-order valence-electron chi connectivity index (χ4n) is 1.83. The Kier molecular flexibility index (Phi) is 4.02. The van der Waals surface area contributed by atoms with Crippen LogP contribution in [-0.4, -0.2) is 12.6 Å². The zero-order valence-corrected chi connectivity index (χ0v) is 10.8. The van der Waals surface area contributed by atoms with Gasteiger partial charge in [0.15, 0.2) is 0 Å². The highest BCUT2D eigenvalue weighted by atomic mass is 32.1. The summed E-state index contributed by atoms with van der Waals surface area (Å²) in [6.45, 7) is 6.26. The molecule has 0 aliphatic carbocycles. The number of aryl methyl sites for hydroxylation is 2. The second kappa shape index (κ2) is 5.51. The van der Waals surface area contributed by atoms with Crippen molar-refractivity contribution < 1.29 is 4.74 Å². The third-order valence-electron chi connectivity index (χ3n) is 2.91. The first-order valence-electron chi connectivity index (χ1n) is 5.83. The molecule has 3 heteroatoms. The summed E-state index contributed by atoms with van der Waals surface area (Å²) in [6.07, 6.45) is 6.54. The molecular formula is C13H19NOS. The number of hydrogen-bond acceptors (Lipinski definition) is 3. The van der Waals surface area contributed by atoms with E-state index in [0.717, 1.165) is 25.9 Å². The van der Waals surface area contributed by atoms with Gasteiger partial charge in [-0.05, 0) is 44.4 Å². The molecule has 1 N–H and O–H groups in total. The number of thiophene rings is 1. The molecule has 2 nitrogen and oxygen atoms in total. The van der Waals surface area contributed by atoms with Crippen molar-refractivity contribution in [1.29, 1.82) is 0 Å². The Balaban J connectivity index is 1.73. The Labute approximate surface area is 101 Å². The van der Waals surface area contributed by atoms with E-state index in [4.69, 9.17) is 4.74 Å². The van der Waals surface area contributed by atoms with Crippen LogP contribution in [0, 0.1) is 13.8 Å². The van der Waals surface area contributed by atoms with Gasteiger partial charge in [-0.3, -0.25) is 0 Å². The van der Waals surface area contributed by atoms with Crippen LogP contribution in [0.15, 0.2) is 18.4 Å². The topological polar surface area (TPSA) is 21.3 Å². The lowest BCUT2D eigenvalue weighted by atomic mass is 10.1. The predicted molar refractivity (Wildman–Crippen MR) is 68.7 cm³/mol. The van der Waals surface area contributed by atoms with Gasteiger partial charge in [0.1, 0.15) is 6.10 Å². The highest BCUT2D eigenvalue weighted by molar-refractivity contribution is 7.12. The standard InChI is InChI=1S/C13H19NOS/c1-10-7-13(16-11(10)2)9-14-8-12-5-3-4-6-15-12/h4,6-7,12,14H,3,5,8-9H2,1-2H3. The van der Waals surface area contributed by atoms with E-state index in [-0.39, 0.29) is 0 Å². The number of hydrogen-bond donors (Lipinski definition) is 1. The SMILES string of the molecule is Cc1cc(CNCC2CCC=CO2)sc1C. The van der Waals surface area contributed by atoms with Crippen molar-refractivity contribution in [3.8, 4) is 0 Å². The molecule has 0 saturated carbocycles. The Hall–Kier alpha value is -0.800. The maximum absolute atomic E-state index is 5.51. The monoisotopic (exact) mass is 237 g/mol. The Morgan fingerprint density at radius 1 is 1.50 bits per heavy atom. The number of nitrogens with one attached hydrogen (secondary N) is 1. The first-order valence-corrected chi connectivity index (χ1v) is 6.64. The molecule has 1 atom stereocenters. The maximum Gasteiger partial charge on any atom is 0.110 e. The largest absolute Gasteiger partial charge is 0.497 e. The lowest BCUT2D eigenvalue weighted by Gasteiger charge is -2.19. The summed E-state index contributed by atoms with van der Waals surface area (Å²) in [5, 5.41) is 3.46. The lowest BCUT2D eigenvalue weighted by molar-refractivity contribution is 0.122. The highest BCUT2D eigenvalue weighted by Gasteiger charge is 2.10. The van der Waals surface area contributed by atoms with E-state index in [1.54, 1.807) is 0 Å². The zero-order chi connectivity index (χ0) is 11.4. The molecule has 88 valence electrons. The Bertz CT molecular complexity index is 351. The third kappa shape index (κ3) is 3.09. The van der Waals surface area contributed by atoms with Crippen molar-refractivity contribution in [3.63, 3.8) is 0 Å². The molecule has 0 radical (unpaired) electrons. The molecule has 0 fully saturated rings. The summed E-state index contributed by atoms with van der Waals surface area (Å²) in [4.78, 5) is 2.84. The molecule has 1 aromatic rings. The van der Waals surface area contributed by atoms with Crippen molar-refractivity contribution in [2.75, 3.05) is 6.54 Å². The normalized spacial score (nSPS) is 19.8. The van der Waals surface area contributed by atoms with Gasteiger partial charge in [0.2, 0.25) is 0 Å². The summed E-state index contributed by atoms with van der Waals surface area (Å²) in [5.41, 5.74) is 1.40. The van der Waals surface area contributed by atoms with Gasteiger partial charge >= 0.3 is 0 Å². The number of rotatable bonds is 4. The van der Waals surface area contributed by atoms with Gasteiger partial charge in [-0.15, -0.1) is 11.3 Å². The van der Waals surface area contributed by atoms with Crippen LogP contribution in [0.3, 0.4) is 0 Å². The van der Waals surface area contributed by atoms with Crippen molar-refractivity contribution in [2.45, 2.75) is 39.3 Å². The quantitative estimate of drug-likeness (QED) is 0.868. The Morgan fingerprint density at radius 2 is 2.38 bits per heavy atom. The van der Waals surface area contributed by atoms with Crippen LogP contribution in [0.4, 0.5) is 0 Å². The van der Waals surface area contributed by atoms with Crippen molar-refractivity contribution >= 4 is 11.3 Å². The summed E-state index contributed by atoms with van der Waals surface area (Å²) < 4.78 is 5.51. The molecule has 16 heavy (non-hydrogen) atoms.